The Morgan fingerprint density at radius 3 is 2.74 bits per heavy atom. The van der Waals surface area contributed by atoms with Crippen LogP contribution >= 0.6 is 0 Å². The zero-order chi connectivity index (χ0) is 18.4. The first-order valence-corrected chi connectivity index (χ1v) is 9.18. The van der Waals surface area contributed by atoms with Gasteiger partial charge in [-0.15, -0.1) is 0 Å². The fourth-order valence-corrected chi connectivity index (χ4v) is 3.77. The predicted octanol–water partition coefficient (Wildman–Crippen LogP) is 2.20. The highest BCUT2D eigenvalue weighted by molar-refractivity contribution is 5.79. The average Bonchev–Trinajstić information content (AvgIpc) is 3.31. The van der Waals surface area contributed by atoms with Crippen molar-refractivity contribution in [3.63, 3.8) is 0 Å². The molecule has 0 N–H and O–H groups in total. The van der Waals surface area contributed by atoms with Crippen LogP contribution in [0.3, 0.4) is 0 Å². The number of piperazine rings is 1. The summed E-state index contributed by atoms with van der Waals surface area (Å²) in [6, 6.07) is 8.03. The Hall–Kier alpha value is -3.00. The molecule has 0 unspecified atom stereocenters. The number of benzene rings is 1. The smallest absolute Gasteiger partial charge is 0.254 e. The maximum Gasteiger partial charge on any atom is 0.254 e. The van der Waals surface area contributed by atoms with Crippen molar-refractivity contribution in [2.45, 2.75) is 20.4 Å². The van der Waals surface area contributed by atoms with Crippen molar-refractivity contribution < 1.29 is 4.52 Å². The molecule has 0 spiro atoms. The number of aryl methyl sites for hydroxylation is 1. The Labute approximate surface area is 156 Å². The van der Waals surface area contributed by atoms with Crippen molar-refractivity contribution in [1.82, 2.24) is 29.6 Å². The third-order valence-electron chi connectivity index (χ3n) is 5.37. The van der Waals surface area contributed by atoms with E-state index in [1.165, 1.54) is 0 Å². The van der Waals surface area contributed by atoms with Crippen molar-refractivity contribution >= 4 is 22.6 Å². The molecule has 1 aliphatic rings. The molecule has 4 heterocycles. The van der Waals surface area contributed by atoms with Gasteiger partial charge in [0.25, 0.3) is 5.78 Å². The number of hydrogen-bond acceptors (Lipinski definition) is 7. The number of nitrogens with zero attached hydrogens (tertiary/aromatic N) is 7. The van der Waals surface area contributed by atoms with E-state index < -0.39 is 0 Å². The topological polar surface area (TPSA) is 75.6 Å². The molecule has 1 fully saturated rings. The molecule has 1 aromatic carbocycles. The Balaban J connectivity index is 1.35. The van der Waals surface area contributed by atoms with Gasteiger partial charge in [-0.25, -0.2) is 4.98 Å². The Morgan fingerprint density at radius 2 is 1.89 bits per heavy atom. The minimum atomic E-state index is 0.657. The van der Waals surface area contributed by atoms with Gasteiger partial charge in [0.05, 0.1) is 0 Å². The molecule has 1 aliphatic heterocycles. The number of anilines is 1. The van der Waals surface area contributed by atoms with Crippen LogP contribution in [0.25, 0.3) is 16.7 Å². The van der Waals surface area contributed by atoms with Crippen LogP contribution in [-0.4, -0.2) is 55.8 Å². The van der Waals surface area contributed by atoms with E-state index in [0.717, 1.165) is 66.5 Å². The largest absolute Gasteiger partial charge is 0.356 e. The molecule has 0 saturated carbocycles. The first-order valence-electron chi connectivity index (χ1n) is 9.18. The molecule has 27 heavy (non-hydrogen) atoms. The van der Waals surface area contributed by atoms with Gasteiger partial charge in [-0.2, -0.15) is 14.6 Å². The second-order valence-corrected chi connectivity index (χ2v) is 7.01. The maximum absolute atomic E-state index is 5.44. The standard InChI is InChI=1S/C19H21N7O/c1-13-14(2)22-19-20-12-21-26(19)18(13)25-9-7-24(8-10-25)11-16-15-5-3-4-6-17(15)27-23-16/h3-6,12H,7-11H2,1-2H3. The zero-order valence-electron chi connectivity index (χ0n) is 15.5. The zero-order valence-corrected chi connectivity index (χ0v) is 15.5. The summed E-state index contributed by atoms with van der Waals surface area (Å²) in [4.78, 5) is 13.6. The summed E-state index contributed by atoms with van der Waals surface area (Å²) in [7, 11) is 0. The molecule has 3 aromatic heterocycles. The van der Waals surface area contributed by atoms with Crippen LogP contribution in [0.15, 0.2) is 35.1 Å². The molecule has 1 saturated heterocycles. The van der Waals surface area contributed by atoms with E-state index >= 15 is 0 Å². The van der Waals surface area contributed by atoms with Gasteiger partial charge in [0.15, 0.2) is 5.58 Å². The summed E-state index contributed by atoms with van der Waals surface area (Å²) in [5.41, 5.74) is 4.02. The average molecular weight is 363 g/mol. The second kappa shape index (κ2) is 6.31. The van der Waals surface area contributed by atoms with E-state index in [2.05, 4.69) is 43.0 Å². The molecule has 4 aromatic rings. The maximum atomic E-state index is 5.44. The Morgan fingerprint density at radius 1 is 1.07 bits per heavy atom. The Kier molecular flexibility index (Phi) is 3.78. The van der Waals surface area contributed by atoms with Crippen molar-refractivity contribution in [2.24, 2.45) is 0 Å². The van der Waals surface area contributed by atoms with E-state index in [1.807, 2.05) is 29.6 Å². The summed E-state index contributed by atoms with van der Waals surface area (Å²) < 4.78 is 7.29. The third kappa shape index (κ3) is 2.73. The van der Waals surface area contributed by atoms with E-state index in [-0.39, 0.29) is 0 Å². The first-order chi connectivity index (χ1) is 13.2. The van der Waals surface area contributed by atoms with Crippen LogP contribution in [-0.2, 0) is 6.54 Å². The molecule has 8 heteroatoms. The van der Waals surface area contributed by atoms with Crippen LogP contribution in [0, 0.1) is 13.8 Å². The van der Waals surface area contributed by atoms with Crippen molar-refractivity contribution in [3.05, 3.63) is 47.5 Å². The van der Waals surface area contributed by atoms with Gasteiger partial charge in [0.2, 0.25) is 0 Å². The van der Waals surface area contributed by atoms with Crippen LogP contribution in [0.5, 0.6) is 0 Å². The lowest BCUT2D eigenvalue weighted by molar-refractivity contribution is 0.242. The molecule has 0 radical (unpaired) electrons. The minimum Gasteiger partial charge on any atom is -0.356 e. The van der Waals surface area contributed by atoms with E-state index in [4.69, 9.17) is 4.52 Å². The highest BCUT2D eigenvalue weighted by atomic mass is 16.5. The van der Waals surface area contributed by atoms with Crippen molar-refractivity contribution in [2.75, 3.05) is 31.1 Å². The highest BCUT2D eigenvalue weighted by Gasteiger charge is 2.23. The normalized spacial score (nSPS) is 15.9. The monoisotopic (exact) mass is 363 g/mol. The van der Waals surface area contributed by atoms with Gasteiger partial charge < -0.3 is 9.42 Å². The molecule has 138 valence electrons. The fraction of sp³-hybridized carbons (Fsp3) is 0.368. The SMILES string of the molecule is Cc1nc2ncnn2c(N2CCN(Cc3noc4ccccc34)CC2)c1C. The second-order valence-electron chi connectivity index (χ2n) is 7.01. The van der Waals surface area contributed by atoms with E-state index in [1.54, 1.807) is 6.33 Å². The number of fused-ring (bicyclic) bond motifs is 2. The molecular weight excluding hydrogens is 342 g/mol. The van der Waals surface area contributed by atoms with E-state index in [9.17, 15) is 0 Å². The number of aromatic nitrogens is 5. The summed E-state index contributed by atoms with van der Waals surface area (Å²) in [6.07, 6.45) is 1.57. The van der Waals surface area contributed by atoms with Gasteiger partial charge in [0.1, 0.15) is 17.8 Å². The number of para-hydroxylation sites is 1. The van der Waals surface area contributed by atoms with Crippen LogP contribution < -0.4 is 4.90 Å². The molecule has 5 rings (SSSR count). The predicted molar refractivity (Wildman–Crippen MR) is 102 cm³/mol. The Bertz CT molecular complexity index is 1110. The molecule has 0 aliphatic carbocycles. The van der Waals surface area contributed by atoms with Gasteiger partial charge in [-0.1, -0.05) is 17.3 Å². The highest BCUT2D eigenvalue weighted by Crippen LogP contribution is 2.25. The molecular formula is C19H21N7O. The number of hydrogen-bond donors (Lipinski definition) is 0. The summed E-state index contributed by atoms with van der Waals surface area (Å²) >= 11 is 0. The van der Waals surface area contributed by atoms with Gasteiger partial charge in [-0.3, -0.25) is 4.90 Å². The summed E-state index contributed by atoms with van der Waals surface area (Å²) in [6.45, 7) is 8.70. The summed E-state index contributed by atoms with van der Waals surface area (Å²) in [5, 5.41) is 9.74. The third-order valence-corrected chi connectivity index (χ3v) is 5.37. The van der Waals surface area contributed by atoms with Crippen LogP contribution in [0.4, 0.5) is 5.82 Å². The van der Waals surface area contributed by atoms with Crippen LogP contribution in [0.2, 0.25) is 0 Å². The molecule has 0 bridgehead atoms. The fourth-order valence-electron chi connectivity index (χ4n) is 3.77. The minimum absolute atomic E-state index is 0.657. The van der Waals surface area contributed by atoms with Crippen molar-refractivity contribution in [3.8, 4) is 0 Å². The van der Waals surface area contributed by atoms with Crippen molar-refractivity contribution in [1.29, 1.82) is 0 Å². The molecule has 0 atom stereocenters. The molecule has 0 amide bonds. The molecule has 8 nitrogen and oxygen atoms in total. The van der Waals surface area contributed by atoms with Gasteiger partial charge >= 0.3 is 0 Å². The summed E-state index contributed by atoms with van der Waals surface area (Å²) in [5.74, 6) is 1.76. The lowest BCUT2D eigenvalue weighted by Gasteiger charge is -2.36. The first kappa shape index (κ1) is 16.2. The number of rotatable bonds is 3. The van der Waals surface area contributed by atoms with Gasteiger partial charge in [0, 0.05) is 49.4 Å². The van der Waals surface area contributed by atoms with Gasteiger partial charge in [-0.05, 0) is 26.0 Å². The lowest BCUT2D eigenvalue weighted by Crippen LogP contribution is -2.47. The quantitative estimate of drug-likeness (QED) is 0.552. The van der Waals surface area contributed by atoms with E-state index in [0.29, 0.717) is 5.78 Å². The van der Waals surface area contributed by atoms with Crippen LogP contribution in [0.1, 0.15) is 17.0 Å². The lowest BCUT2D eigenvalue weighted by atomic mass is 10.2.